The van der Waals surface area contributed by atoms with E-state index in [1.54, 1.807) is 24.5 Å². The summed E-state index contributed by atoms with van der Waals surface area (Å²) in [6.07, 6.45) is 4.98. The number of benzene rings is 1. The van der Waals surface area contributed by atoms with Crippen molar-refractivity contribution in [2.75, 3.05) is 13.3 Å². The van der Waals surface area contributed by atoms with Crippen molar-refractivity contribution in [3.05, 3.63) is 53.9 Å². The molecular weight excluding hydrogens is 268 g/mol. The Kier molecular flexibility index (Phi) is 4.00. The largest absolute Gasteiger partial charge is 0.454 e. The number of rotatable bonds is 5. The highest BCUT2D eigenvalue weighted by Crippen LogP contribution is 2.32. The van der Waals surface area contributed by atoms with Crippen LogP contribution in [0.5, 0.6) is 11.5 Å². The summed E-state index contributed by atoms with van der Waals surface area (Å²) >= 11 is 0. The van der Waals surface area contributed by atoms with Crippen molar-refractivity contribution < 1.29 is 14.3 Å². The SMILES string of the molecule is O=C(NCCCc1ccc2c(c1)OCO2)c1ccncc1. The Balaban J connectivity index is 1.45. The number of aromatic nitrogens is 1. The summed E-state index contributed by atoms with van der Waals surface area (Å²) in [6.45, 7) is 0.927. The van der Waals surface area contributed by atoms with E-state index in [-0.39, 0.29) is 5.91 Å². The molecule has 0 bridgehead atoms. The van der Waals surface area contributed by atoms with Crippen LogP contribution in [0.3, 0.4) is 0 Å². The molecule has 2 aromatic rings. The van der Waals surface area contributed by atoms with Gasteiger partial charge in [-0.05, 0) is 42.7 Å². The van der Waals surface area contributed by atoms with Gasteiger partial charge in [-0.25, -0.2) is 0 Å². The predicted octanol–water partition coefficient (Wildman–Crippen LogP) is 2.17. The summed E-state index contributed by atoms with van der Waals surface area (Å²) < 4.78 is 10.6. The molecule has 5 nitrogen and oxygen atoms in total. The number of aryl methyl sites for hydroxylation is 1. The van der Waals surface area contributed by atoms with Gasteiger partial charge in [0.2, 0.25) is 6.79 Å². The second-order valence-electron chi connectivity index (χ2n) is 4.78. The topological polar surface area (TPSA) is 60.5 Å². The summed E-state index contributed by atoms with van der Waals surface area (Å²) in [5.41, 5.74) is 1.81. The zero-order valence-electron chi connectivity index (χ0n) is 11.5. The maximum absolute atomic E-state index is 11.8. The highest BCUT2D eigenvalue weighted by molar-refractivity contribution is 5.93. The van der Waals surface area contributed by atoms with Crippen molar-refractivity contribution in [1.82, 2.24) is 10.3 Å². The first-order valence-corrected chi connectivity index (χ1v) is 6.90. The van der Waals surface area contributed by atoms with Crippen LogP contribution in [-0.4, -0.2) is 24.2 Å². The molecule has 108 valence electrons. The number of carbonyl (C=O) groups is 1. The van der Waals surface area contributed by atoms with Crippen LogP contribution in [0.25, 0.3) is 0 Å². The van der Waals surface area contributed by atoms with E-state index in [1.807, 2.05) is 18.2 Å². The minimum atomic E-state index is -0.0666. The second-order valence-corrected chi connectivity index (χ2v) is 4.78. The number of hydrogen-bond donors (Lipinski definition) is 1. The van der Waals surface area contributed by atoms with E-state index < -0.39 is 0 Å². The Morgan fingerprint density at radius 3 is 2.81 bits per heavy atom. The smallest absolute Gasteiger partial charge is 0.251 e. The van der Waals surface area contributed by atoms with Gasteiger partial charge in [0.05, 0.1) is 0 Å². The molecule has 1 aliphatic heterocycles. The van der Waals surface area contributed by atoms with Crippen LogP contribution < -0.4 is 14.8 Å². The van der Waals surface area contributed by atoms with Crippen molar-refractivity contribution in [2.24, 2.45) is 0 Å². The van der Waals surface area contributed by atoms with Crippen LogP contribution >= 0.6 is 0 Å². The van der Waals surface area contributed by atoms with Crippen molar-refractivity contribution in [1.29, 1.82) is 0 Å². The molecule has 0 unspecified atom stereocenters. The van der Waals surface area contributed by atoms with Gasteiger partial charge >= 0.3 is 0 Å². The molecule has 0 aliphatic carbocycles. The lowest BCUT2D eigenvalue weighted by Gasteiger charge is -2.06. The third-order valence-electron chi connectivity index (χ3n) is 3.31. The van der Waals surface area contributed by atoms with Gasteiger partial charge in [-0.1, -0.05) is 6.07 Å². The minimum Gasteiger partial charge on any atom is -0.454 e. The van der Waals surface area contributed by atoms with Crippen LogP contribution in [0.4, 0.5) is 0 Å². The lowest BCUT2D eigenvalue weighted by Crippen LogP contribution is -2.24. The lowest BCUT2D eigenvalue weighted by atomic mass is 10.1. The lowest BCUT2D eigenvalue weighted by molar-refractivity contribution is 0.0953. The van der Waals surface area contributed by atoms with E-state index in [0.29, 0.717) is 18.9 Å². The van der Waals surface area contributed by atoms with Crippen molar-refractivity contribution in [3.63, 3.8) is 0 Å². The van der Waals surface area contributed by atoms with Gasteiger partial charge in [0, 0.05) is 24.5 Å². The van der Waals surface area contributed by atoms with Gasteiger partial charge in [-0.15, -0.1) is 0 Å². The summed E-state index contributed by atoms with van der Waals surface area (Å²) in [5.74, 6) is 1.53. The normalized spacial score (nSPS) is 12.2. The fraction of sp³-hybridized carbons (Fsp3) is 0.250. The molecule has 2 heterocycles. The monoisotopic (exact) mass is 284 g/mol. The molecule has 1 aromatic carbocycles. The van der Waals surface area contributed by atoms with Gasteiger partial charge in [0.25, 0.3) is 5.91 Å². The maximum Gasteiger partial charge on any atom is 0.251 e. The molecule has 21 heavy (non-hydrogen) atoms. The molecule has 1 aliphatic rings. The fourth-order valence-corrected chi connectivity index (χ4v) is 2.20. The molecule has 0 atom stereocenters. The molecule has 1 amide bonds. The van der Waals surface area contributed by atoms with Crippen LogP contribution in [0, 0.1) is 0 Å². The molecule has 0 saturated heterocycles. The predicted molar refractivity (Wildman–Crippen MR) is 77.5 cm³/mol. The highest BCUT2D eigenvalue weighted by Gasteiger charge is 2.12. The summed E-state index contributed by atoms with van der Waals surface area (Å²) in [5, 5.41) is 2.90. The number of fused-ring (bicyclic) bond motifs is 1. The minimum absolute atomic E-state index is 0.0666. The average molecular weight is 284 g/mol. The standard InChI is InChI=1S/C16H16N2O3/c19-16(13-5-8-17-9-6-13)18-7-1-2-12-3-4-14-15(10-12)21-11-20-14/h3-6,8-10H,1-2,7,11H2,(H,18,19). The summed E-state index contributed by atoms with van der Waals surface area (Å²) in [4.78, 5) is 15.7. The van der Waals surface area contributed by atoms with E-state index in [4.69, 9.17) is 9.47 Å². The zero-order valence-corrected chi connectivity index (χ0v) is 11.5. The molecule has 1 N–H and O–H groups in total. The van der Waals surface area contributed by atoms with Crippen molar-refractivity contribution in [3.8, 4) is 11.5 Å². The first kappa shape index (κ1) is 13.4. The van der Waals surface area contributed by atoms with Gasteiger partial charge in [0.1, 0.15) is 0 Å². The van der Waals surface area contributed by atoms with Gasteiger partial charge in [0.15, 0.2) is 11.5 Å². The Morgan fingerprint density at radius 1 is 1.14 bits per heavy atom. The van der Waals surface area contributed by atoms with Gasteiger partial charge < -0.3 is 14.8 Å². The second kappa shape index (κ2) is 6.26. The molecule has 0 radical (unpaired) electrons. The fourth-order valence-electron chi connectivity index (χ4n) is 2.20. The molecule has 0 saturated carbocycles. The quantitative estimate of drug-likeness (QED) is 0.855. The average Bonchev–Trinajstić information content (AvgIpc) is 3.00. The number of pyridine rings is 1. The zero-order chi connectivity index (χ0) is 14.5. The number of ether oxygens (including phenoxy) is 2. The molecule has 0 spiro atoms. The van der Waals surface area contributed by atoms with E-state index >= 15 is 0 Å². The van der Waals surface area contributed by atoms with E-state index in [2.05, 4.69) is 10.3 Å². The van der Waals surface area contributed by atoms with E-state index in [9.17, 15) is 4.79 Å². The summed E-state index contributed by atoms with van der Waals surface area (Å²) in [6, 6.07) is 9.35. The Hall–Kier alpha value is -2.56. The number of carbonyl (C=O) groups excluding carboxylic acids is 1. The molecule has 5 heteroatoms. The van der Waals surface area contributed by atoms with E-state index in [0.717, 1.165) is 24.3 Å². The number of nitrogens with one attached hydrogen (secondary N) is 1. The van der Waals surface area contributed by atoms with Crippen LogP contribution in [-0.2, 0) is 6.42 Å². The third kappa shape index (κ3) is 3.31. The Labute approximate surface area is 122 Å². The maximum atomic E-state index is 11.8. The Morgan fingerprint density at radius 2 is 1.95 bits per heavy atom. The van der Waals surface area contributed by atoms with Gasteiger partial charge in [-0.2, -0.15) is 0 Å². The van der Waals surface area contributed by atoms with Crippen molar-refractivity contribution >= 4 is 5.91 Å². The third-order valence-corrected chi connectivity index (χ3v) is 3.31. The first-order valence-electron chi connectivity index (χ1n) is 6.90. The van der Waals surface area contributed by atoms with Crippen LogP contribution in [0.15, 0.2) is 42.7 Å². The van der Waals surface area contributed by atoms with E-state index in [1.165, 1.54) is 5.56 Å². The van der Waals surface area contributed by atoms with Crippen LogP contribution in [0.2, 0.25) is 0 Å². The highest BCUT2D eigenvalue weighted by atomic mass is 16.7. The van der Waals surface area contributed by atoms with Gasteiger partial charge in [-0.3, -0.25) is 9.78 Å². The molecule has 0 fully saturated rings. The number of amides is 1. The Bertz CT molecular complexity index is 629. The first-order chi connectivity index (χ1) is 10.3. The van der Waals surface area contributed by atoms with Crippen molar-refractivity contribution in [2.45, 2.75) is 12.8 Å². The summed E-state index contributed by atoms with van der Waals surface area (Å²) in [7, 11) is 0. The number of hydrogen-bond acceptors (Lipinski definition) is 4. The molecule has 1 aromatic heterocycles. The van der Waals surface area contributed by atoms with Crippen LogP contribution in [0.1, 0.15) is 22.3 Å². The molecular formula is C16H16N2O3. The molecule has 3 rings (SSSR count). The number of nitrogens with zero attached hydrogens (tertiary/aromatic N) is 1.